The normalized spacial score (nSPS) is 18.4. The maximum atomic E-state index is 2.68. The van der Waals surface area contributed by atoms with Crippen LogP contribution in [0.3, 0.4) is 0 Å². The predicted octanol–water partition coefficient (Wildman–Crippen LogP) is 16.2. The summed E-state index contributed by atoms with van der Waals surface area (Å²) >= 11 is 0. The average molecular weight is 924 g/mol. The van der Waals surface area contributed by atoms with Gasteiger partial charge in [-0.25, -0.2) is 0 Å². The first-order valence-corrected chi connectivity index (χ1v) is 26.2. The third-order valence-corrected chi connectivity index (χ3v) is 17.9. The van der Waals surface area contributed by atoms with Gasteiger partial charge in [0.05, 0.1) is 0 Å². The molecule has 0 fully saturated rings. The van der Waals surface area contributed by atoms with Crippen LogP contribution in [0, 0.1) is 6.92 Å². The van der Waals surface area contributed by atoms with E-state index in [0.717, 1.165) is 23.5 Å². The fraction of sp³-hybridized carbons (Fsp3) is 0.284. The van der Waals surface area contributed by atoms with Gasteiger partial charge in [0.1, 0.15) is 0 Å². The Bertz CT molecular complexity index is 3480. The van der Waals surface area contributed by atoms with Gasteiger partial charge in [0.15, 0.2) is 0 Å². The summed E-state index contributed by atoms with van der Waals surface area (Å²) in [4.78, 5) is 7.73. The molecule has 0 saturated carbocycles. The Morgan fingerprint density at radius 1 is 0.394 bits per heavy atom. The molecule has 0 aromatic heterocycles. The van der Waals surface area contributed by atoms with E-state index in [0.29, 0.717) is 0 Å². The van der Waals surface area contributed by atoms with Crippen molar-refractivity contribution in [2.45, 2.75) is 122 Å². The van der Waals surface area contributed by atoms with Crippen LogP contribution in [0.25, 0.3) is 11.1 Å². The summed E-state index contributed by atoms with van der Waals surface area (Å²) < 4.78 is 0. The molecule has 0 spiro atoms. The molecular formula is C67H66BN3. The molecule has 3 aliphatic carbocycles. The van der Waals surface area contributed by atoms with Crippen molar-refractivity contribution in [2.24, 2.45) is 0 Å². The van der Waals surface area contributed by atoms with E-state index >= 15 is 0 Å². The van der Waals surface area contributed by atoms with E-state index < -0.39 is 0 Å². The molecule has 2 heterocycles. The topological polar surface area (TPSA) is 9.72 Å². The smallest absolute Gasteiger partial charge is 0.252 e. The van der Waals surface area contributed by atoms with Gasteiger partial charge in [-0.05, 0) is 193 Å². The Kier molecular flexibility index (Phi) is 9.27. The molecular weight excluding hydrogens is 858 g/mol. The molecule has 8 aromatic rings. The number of hydrogen-bond acceptors (Lipinski definition) is 3. The summed E-state index contributed by atoms with van der Waals surface area (Å²) in [5, 5.41) is 0. The first-order valence-electron chi connectivity index (χ1n) is 26.2. The van der Waals surface area contributed by atoms with Gasteiger partial charge in [-0.1, -0.05) is 154 Å². The number of rotatable bonds is 5. The van der Waals surface area contributed by atoms with Crippen molar-refractivity contribution in [3.05, 3.63) is 203 Å². The van der Waals surface area contributed by atoms with Gasteiger partial charge in [-0.2, -0.15) is 0 Å². The van der Waals surface area contributed by atoms with E-state index in [4.69, 9.17) is 0 Å². The Labute approximate surface area is 423 Å². The molecule has 0 atom stereocenters. The highest BCUT2D eigenvalue weighted by molar-refractivity contribution is 7.00. The number of aryl methyl sites for hydroxylation is 1. The van der Waals surface area contributed by atoms with Crippen LogP contribution in [0.15, 0.2) is 164 Å². The zero-order valence-corrected chi connectivity index (χ0v) is 43.6. The summed E-state index contributed by atoms with van der Waals surface area (Å²) in [7, 11) is 0. The van der Waals surface area contributed by atoms with Crippen LogP contribution in [0.4, 0.5) is 51.2 Å². The molecule has 8 aromatic carbocycles. The lowest BCUT2D eigenvalue weighted by molar-refractivity contribution is 0.332. The van der Waals surface area contributed by atoms with Crippen molar-refractivity contribution < 1.29 is 0 Å². The maximum Gasteiger partial charge on any atom is 0.252 e. The molecule has 0 radical (unpaired) electrons. The Morgan fingerprint density at radius 3 is 1.56 bits per heavy atom. The van der Waals surface area contributed by atoms with E-state index in [9.17, 15) is 0 Å². The van der Waals surface area contributed by atoms with Crippen LogP contribution in [-0.4, -0.2) is 6.71 Å². The van der Waals surface area contributed by atoms with Crippen molar-refractivity contribution in [1.29, 1.82) is 0 Å². The van der Waals surface area contributed by atoms with Gasteiger partial charge in [0.2, 0.25) is 0 Å². The summed E-state index contributed by atoms with van der Waals surface area (Å²) in [6.45, 7) is 26.8. The van der Waals surface area contributed by atoms with Gasteiger partial charge < -0.3 is 14.7 Å². The lowest BCUT2D eigenvalue weighted by atomic mass is 9.33. The quantitative estimate of drug-likeness (QED) is 0.159. The van der Waals surface area contributed by atoms with E-state index in [1.807, 2.05) is 0 Å². The molecule has 0 amide bonds. The Balaban J connectivity index is 1.12. The first-order chi connectivity index (χ1) is 33.8. The molecule has 0 bridgehead atoms. The van der Waals surface area contributed by atoms with Crippen LogP contribution in [-0.2, 0) is 27.1 Å². The van der Waals surface area contributed by atoms with Crippen molar-refractivity contribution in [3.8, 4) is 11.1 Å². The number of fused-ring (bicyclic) bond motifs is 9. The van der Waals surface area contributed by atoms with Crippen molar-refractivity contribution in [3.63, 3.8) is 0 Å². The fourth-order valence-electron chi connectivity index (χ4n) is 14.4. The van der Waals surface area contributed by atoms with Crippen LogP contribution >= 0.6 is 0 Å². The Morgan fingerprint density at radius 2 is 0.915 bits per heavy atom. The van der Waals surface area contributed by atoms with E-state index in [1.165, 1.54) is 113 Å². The highest BCUT2D eigenvalue weighted by Crippen LogP contribution is 2.56. The molecule has 3 nitrogen and oxygen atoms in total. The van der Waals surface area contributed by atoms with E-state index in [2.05, 4.69) is 255 Å². The molecule has 4 heteroatoms. The minimum Gasteiger partial charge on any atom is -0.311 e. The highest BCUT2D eigenvalue weighted by atomic mass is 15.2. The molecule has 71 heavy (non-hydrogen) atoms. The monoisotopic (exact) mass is 924 g/mol. The number of anilines is 9. The maximum absolute atomic E-state index is 2.68. The third kappa shape index (κ3) is 6.41. The van der Waals surface area contributed by atoms with Crippen LogP contribution in [0.5, 0.6) is 0 Å². The number of nitrogens with zero attached hydrogens (tertiary/aromatic N) is 3. The van der Waals surface area contributed by atoms with E-state index in [-0.39, 0.29) is 33.8 Å². The summed E-state index contributed by atoms with van der Waals surface area (Å²) in [5.41, 5.74) is 27.8. The fourth-order valence-corrected chi connectivity index (χ4v) is 14.4. The minimum atomic E-state index is -0.0949. The molecule has 0 N–H and O–H groups in total. The molecule has 0 unspecified atom stereocenters. The van der Waals surface area contributed by atoms with Gasteiger partial charge in [-0.15, -0.1) is 0 Å². The largest absolute Gasteiger partial charge is 0.311 e. The SMILES string of the molecule is Cc1cc2c3c(c1)N(c1ccc4c(c1)C(C)(C)CCC4(C)C)c1cc4c(cc1B3c1ccc(N(c3ccccc3)c3ccccc3)cc1N2c1ccc2c(c1)-c1ccccc1C2(C)C)C(C)(C)CC4(C)C. The number of benzene rings is 8. The second-order valence-corrected chi connectivity index (χ2v) is 24.9. The summed E-state index contributed by atoms with van der Waals surface area (Å²) in [6, 6.07) is 63.3. The summed E-state index contributed by atoms with van der Waals surface area (Å²) in [5.74, 6) is 0. The van der Waals surface area contributed by atoms with Gasteiger partial charge in [-0.3, -0.25) is 0 Å². The van der Waals surface area contributed by atoms with Gasteiger partial charge in [0, 0.05) is 56.6 Å². The zero-order valence-electron chi connectivity index (χ0n) is 43.6. The second-order valence-electron chi connectivity index (χ2n) is 24.9. The van der Waals surface area contributed by atoms with Crippen LogP contribution < -0.4 is 31.1 Å². The lowest BCUT2D eigenvalue weighted by Gasteiger charge is -2.46. The lowest BCUT2D eigenvalue weighted by Crippen LogP contribution is -2.61. The standard InChI is InChI=1S/C67H66BN3/c1-42-34-60-62-61(35-42)71(46-27-30-52-53(37-46)64(4,5)33-32-63(52,2)3)59-40-55-54(65(6,7)41-66(55,8)9)39-57(59)68(62)56-31-28-47(69(43-20-14-12-15-21-43)44-22-16-13-17-23-44)38-58(56)70(60)45-26-29-51-49(36-45)48-24-18-19-25-50(48)67(51,10)11/h12-31,34-40H,32-33,41H2,1-11H3. The molecule has 352 valence electrons. The second kappa shape index (κ2) is 14.9. The first kappa shape index (κ1) is 44.2. The predicted molar refractivity (Wildman–Crippen MR) is 303 cm³/mol. The van der Waals surface area contributed by atoms with Crippen LogP contribution in [0.1, 0.15) is 127 Å². The van der Waals surface area contributed by atoms with Crippen molar-refractivity contribution in [2.75, 3.05) is 14.7 Å². The zero-order chi connectivity index (χ0) is 49.1. The minimum absolute atomic E-state index is 0.000880. The number of para-hydroxylation sites is 2. The highest BCUT2D eigenvalue weighted by Gasteiger charge is 2.49. The van der Waals surface area contributed by atoms with Crippen molar-refractivity contribution in [1.82, 2.24) is 0 Å². The summed E-state index contributed by atoms with van der Waals surface area (Å²) in [6.07, 6.45) is 3.48. The Hall–Kier alpha value is -6.78. The molecule has 0 saturated heterocycles. The molecule has 13 rings (SSSR count). The van der Waals surface area contributed by atoms with Gasteiger partial charge >= 0.3 is 0 Å². The van der Waals surface area contributed by atoms with Gasteiger partial charge in [0.25, 0.3) is 6.71 Å². The molecule has 2 aliphatic heterocycles. The average Bonchev–Trinajstić information content (AvgIpc) is 3.69. The van der Waals surface area contributed by atoms with Crippen LogP contribution in [0.2, 0.25) is 0 Å². The van der Waals surface area contributed by atoms with E-state index in [1.54, 1.807) is 0 Å². The third-order valence-electron chi connectivity index (χ3n) is 17.9. The molecule has 5 aliphatic rings. The number of hydrogen-bond donors (Lipinski definition) is 0. The van der Waals surface area contributed by atoms with Crippen molar-refractivity contribution >= 4 is 74.3 Å².